The monoisotopic (exact) mass is 473 g/mol. The third kappa shape index (κ3) is 5.97. The van der Waals surface area contributed by atoms with Crippen molar-refractivity contribution in [1.82, 2.24) is 15.0 Å². The summed E-state index contributed by atoms with van der Waals surface area (Å²) in [5.74, 6) is 2.73. The largest absolute Gasteiger partial charge is 0.497 e. The Morgan fingerprint density at radius 2 is 1.60 bits per heavy atom. The van der Waals surface area contributed by atoms with Crippen LogP contribution in [-0.4, -0.2) is 34.8 Å². The van der Waals surface area contributed by atoms with Crippen molar-refractivity contribution >= 4 is 6.09 Å². The molecule has 1 aromatic heterocycles. The smallest absolute Gasteiger partial charge is 0.415 e. The van der Waals surface area contributed by atoms with E-state index in [2.05, 4.69) is 10.1 Å². The van der Waals surface area contributed by atoms with Gasteiger partial charge in [-0.05, 0) is 67.9 Å². The molecule has 35 heavy (non-hydrogen) atoms. The molecule has 0 aliphatic rings. The van der Waals surface area contributed by atoms with Crippen LogP contribution in [0, 0.1) is 0 Å². The van der Waals surface area contributed by atoms with Crippen molar-refractivity contribution in [2.24, 2.45) is 0 Å². The molecule has 0 spiro atoms. The summed E-state index contributed by atoms with van der Waals surface area (Å²) >= 11 is 0. The fourth-order valence-electron chi connectivity index (χ4n) is 3.55. The Morgan fingerprint density at radius 3 is 2.26 bits per heavy atom. The molecule has 1 amide bonds. The van der Waals surface area contributed by atoms with E-state index in [0.29, 0.717) is 35.5 Å². The fourth-order valence-corrected chi connectivity index (χ4v) is 3.55. The second-order valence-electron chi connectivity index (χ2n) is 7.74. The first-order valence-electron chi connectivity index (χ1n) is 11.3. The summed E-state index contributed by atoms with van der Waals surface area (Å²) in [4.78, 5) is 18.8. The molecule has 8 nitrogen and oxygen atoms in total. The van der Waals surface area contributed by atoms with Crippen molar-refractivity contribution in [3.05, 3.63) is 90.3 Å². The average Bonchev–Trinajstić information content (AvgIpc) is 3.38. The minimum Gasteiger partial charge on any atom is -0.497 e. The number of amides is 1. The third-order valence-electron chi connectivity index (χ3n) is 5.53. The molecule has 0 aliphatic heterocycles. The van der Waals surface area contributed by atoms with Gasteiger partial charge in [0.2, 0.25) is 5.82 Å². The maximum Gasteiger partial charge on any atom is 0.415 e. The minimum absolute atomic E-state index is 0.181. The molecule has 8 heteroatoms. The van der Waals surface area contributed by atoms with Crippen molar-refractivity contribution in [1.29, 1.82) is 0 Å². The van der Waals surface area contributed by atoms with E-state index in [0.717, 1.165) is 11.1 Å². The molecular formula is C27H27N3O5. The van der Waals surface area contributed by atoms with Gasteiger partial charge in [-0.25, -0.2) is 4.79 Å². The number of benzene rings is 3. The van der Waals surface area contributed by atoms with E-state index >= 15 is 0 Å². The lowest BCUT2D eigenvalue weighted by Gasteiger charge is -2.27. The molecule has 0 unspecified atom stereocenters. The standard InChI is InChI=1S/C27H27N3O5/c1-4-30(27(31)34-24-16-14-22(32-3)15-17-24)19(2)20-10-12-23(13-11-20)33-18-25-28-26(35-29-25)21-8-6-5-7-9-21/h5-17,19H,4,18H2,1-3H3/t19-/m0/s1. The molecule has 4 rings (SSSR count). The zero-order valence-electron chi connectivity index (χ0n) is 19.9. The second kappa shape index (κ2) is 11.2. The highest BCUT2D eigenvalue weighted by Crippen LogP contribution is 2.25. The predicted molar refractivity (Wildman–Crippen MR) is 130 cm³/mol. The molecule has 180 valence electrons. The van der Waals surface area contributed by atoms with E-state index in [4.69, 9.17) is 18.7 Å². The molecule has 0 radical (unpaired) electrons. The predicted octanol–water partition coefficient (Wildman–Crippen LogP) is 5.91. The van der Waals surface area contributed by atoms with Crippen molar-refractivity contribution < 1.29 is 23.5 Å². The molecular weight excluding hydrogens is 446 g/mol. The van der Waals surface area contributed by atoms with Gasteiger partial charge >= 0.3 is 6.09 Å². The lowest BCUT2D eigenvalue weighted by Crippen LogP contribution is -2.35. The summed E-state index contributed by atoms with van der Waals surface area (Å²) in [5, 5.41) is 3.97. The Labute approximate surface area is 204 Å². The zero-order chi connectivity index (χ0) is 24.6. The first kappa shape index (κ1) is 23.8. The van der Waals surface area contributed by atoms with Crippen LogP contribution in [0.15, 0.2) is 83.4 Å². The maximum absolute atomic E-state index is 12.8. The Morgan fingerprint density at radius 1 is 0.943 bits per heavy atom. The van der Waals surface area contributed by atoms with Gasteiger partial charge in [0, 0.05) is 12.1 Å². The number of methoxy groups -OCH3 is 1. The molecule has 3 aromatic carbocycles. The number of rotatable bonds is 9. The molecule has 0 N–H and O–H groups in total. The highest BCUT2D eigenvalue weighted by Gasteiger charge is 2.22. The van der Waals surface area contributed by atoms with Crippen molar-refractivity contribution in [3.63, 3.8) is 0 Å². The Hall–Kier alpha value is -4.33. The highest BCUT2D eigenvalue weighted by molar-refractivity contribution is 5.71. The summed E-state index contributed by atoms with van der Waals surface area (Å²) in [6.45, 7) is 4.55. The molecule has 0 bridgehead atoms. The van der Waals surface area contributed by atoms with Gasteiger partial charge in [0.15, 0.2) is 6.61 Å². The van der Waals surface area contributed by atoms with Crippen molar-refractivity contribution in [2.75, 3.05) is 13.7 Å². The molecule has 1 heterocycles. The van der Waals surface area contributed by atoms with Crippen LogP contribution >= 0.6 is 0 Å². The van der Waals surface area contributed by atoms with E-state index in [1.807, 2.05) is 68.4 Å². The number of carbonyl (C=O) groups is 1. The van der Waals surface area contributed by atoms with Crippen LogP contribution in [0.25, 0.3) is 11.5 Å². The number of nitrogens with zero attached hydrogens (tertiary/aromatic N) is 3. The molecule has 0 fully saturated rings. The minimum atomic E-state index is -0.420. The van der Waals surface area contributed by atoms with E-state index < -0.39 is 6.09 Å². The normalized spacial score (nSPS) is 11.5. The summed E-state index contributed by atoms with van der Waals surface area (Å²) < 4.78 is 21.8. The van der Waals surface area contributed by atoms with Gasteiger partial charge in [-0.2, -0.15) is 4.98 Å². The Bertz CT molecular complexity index is 1220. The number of hydrogen-bond donors (Lipinski definition) is 0. The second-order valence-corrected chi connectivity index (χ2v) is 7.74. The maximum atomic E-state index is 12.8. The van der Waals surface area contributed by atoms with Gasteiger partial charge in [0.25, 0.3) is 5.89 Å². The van der Waals surface area contributed by atoms with Gasteiger partial charge < -0.3 is 23.6 Å². The summed E-state index contributed by atoms with van der Waals surface area (Å²) in [6, 6.07) is 23.8. The molecule has 0 saturated carbocycles. The van der Waals surface area contributed by atoms with Gasteiger partial charge in [0.1, 0.15) is 17.2 Å². The van der Waals surface area contributed by atoms with E-state index in [1.165, 1.54) is 0 Å². The molecule has 0 aliphatic carbocycles. The van der Waals surface area contributed by atoms with Crippen LogP contribution < -0.4 is 14.2 Å². The van der Waals surface area contributed by atoms with E-state index in [1.54, 1.807) is 36.3 Å². The quantitative estimate of drug-likeness (QED) is 0.299. The van der Waals surface area contributed by atoms with Crippen molar-refractivity contribution in [3.8, 4) is 28.7 Å². The number of carbonyl (C=O) groups excluding carboxylic acids is 1. The first-order valence-corrected chi connectivity index (χ1v) is 11.3. The molecule has 1 atom stereocenters. The lowest BCUT2D eigenvalue weighted by molar-refractivity contribution is 0.138. The van der Waals surface area contributed by atoms with Crippen LogP contribution in [0.2, 0.25) is 0 Å². The van der Waals surface area contributed by atoms with Crippen molar-refractivity contribution in [2.45, 2.75) is 26.5 Å². The van der Waals surface area contributed by atoms with Crippen LogP contribution in [-0.2, 0) is 6.61 Å². The fraction of sp³-hybridized carbons (Fsp3) is 0.222. The van der Waals surface area contributed by atoms with E-state index in [-0.39, 0.29) is 12.6 Å². The molecule has 0 saturated heterocycles. The van der Waals surface area contributed by atoms with Gasteiger partial charge in [-0.1, -0.05) is 35.5 Å². The Kier molecular flexibility index (Phi) is 7.62. The zero-order valence-corrected chi connectivity index (χ0v) is 19.9. The van der Waals surface area contributed by atoms with Crippen LogP contribution in [0.3, 0.4) is 0 Å². The van der Waals surface area contributed by atoms with Gasteiger partial charge in [-0.3, -0.25) is 0 Å². The lowest BCUT2D eigenvalue weighted by atomic mass is 10.1. The first-order chi connectivity index (χ1) is 17.1. The summed E-state index contributed by atoms with van der Waals surface area (Å²) in [6.07, 6.45) is -0.420. The number of hydrogen-bond acceptors (Lipinski definition) is 7. The summed E-state index contributed by atoms with van der Waals surface area (Å²) in [7, 11) is 1.59. The van der Waals surface area contributed by atoms with Crippen LogP contribution in [0.5, 0.6) is 17.2 Å². The number of ether oxygens (including phenoxy) is 3. The van der Waals surface area contributed by atoms with E-state index in [9.17, 15) is 4.79 Å². The number of aromatic nitrogens is 2. The summed E-state index contributed by atoms with van der Waals surface area (Å²) in [5.41, 5.74) is 1.81. The van der Waals surface area contributed by atoms with Crippen LogP contribution in [0.1, 0.15) is 31.3 Å². The average molecular weight is 474 g/mol. The third-order valence-corrected chi connectivity index (χ3v) is 5.53. The van der Waals surface area contributed by atoms with Crippen LogP contribution in [0.4, 0.5) is 4.79 Å². The Balaban J connectivity index is 1.34. The van der Waals surface area contributed by atoms with Gasteiger partial charge in [0.05, 0.1) is 13.2 Å². The highest BCUT2D eigenvalue weighted by atomic mass is 16.6. The topological polar surface area (TPSA) is 86.9 Å². The SMILES string of the molecule is CCN(C(=O)Oc1ccc(OC)cc1)[C@@H](C)c1ccc(OCc2noc(-c3ccccc3)n2)cc1. The molecule has 4 aromatic rings. The van der Waals surface area contributed by atoms with Gasteiger partial charge in [-0.15, -0.1) is 0 Å².